The number of unbranched alkanes of at least 4 members (excludes halogenated alkanes) is 3. The Labute approximate surface area is 199 Å². The molecular weight excluding hydrogens is 440 g/mol. The van der Waals surface area contributed by atoms with E-state index in [9.17, 15) is 4.79 Å². The topological polar surface area (TPSA) is 85.2 Å². The van der Waals surface area contributed by atoms with Crippen molar-refractivity contribution in [2.75, 3.05) is 25.0 Å². The fourth-order valence-electron chi connectivity index (χ4n) is 4.50. The van der Waals surface area contributed by atoms with Crippen LogP contribution in [0.2, 0.25) is 0 Å². The molecule has 33 heavy (non-hydrogen) atoms. The molecule has 0 aliphatic carbocycles. The molecule has 2 aromatic carbocycles. The Morgan fingerprint density at radius 2 is 1.94 bits per heavy atom. The van der Waals surface area contributed by atoms with Crippen LogP contribution < -0.4 is 16.4 Å². The first-order valence-corrected chi connectivity index (χ1v) is 11.7. The molecule has 0 radical (unpaired) electrons. The van der Waals surface area contributed by atoms with Crippen LogP contribution in [0, 0.1) is 5.92 Å². The molecule has 0 bridgehead atoms. The molecule has 0 amide bonds. The predicted molar refractivity (Wildman–Crippen MR) is 133 cm³/mol. The zero-order valence-corrected chi connectivity index (χ0v) is 19.5. The van der Waals surface area contributed by atoms with Crippen molar-refractivity contribution >= 4 is 40.6 Å². The standard InChI is InChI=1S/C25H30N4O3.ClH/c30-25-29(21-8-4-5-9-22(21)32-25)14-6-2-1-3-7-18-10-11-20-23(15-18)31-24(28-20)27-17-19-12-13-26-16-19;/h4-5,8-11,15,19,26H,1-3,6-7,12-14,16-17H2,(H,27,28);1H/t19-;/m0./s1. The van der Waals surface area contributed by atoms with Gasteiger partial charge < -0.3 is 19.5 Å². The van der Waals surface area contributed by atoms with Crippen molar-refractivity contribution in [3.8, 4) is 0 Å². The maximum Gasteiger partial charge on any atom is 0.419 e. The number of fused-ring (bicyclic) bond motifs is 2. The van der Waals surface area contributed by atoms with Crippen molar-refractivity contribution in [1.29, 1.82) is 0 Å². The fourth-order valence-corrected chi connectivity index (χ4v) is 4.50. The summed E-state index contributed by atoms with van der Waals surface area (Å²) in [5.74, 6) is 0.381. The van der Waals surface area contributed by atoms with Crippen LogP contribution in [0.15, 0.2) is 56.1 Å². The SMILES string of the molecule is Cl.O=c1oc2ccccc2n1CCCCCCc1ccc2nc(NC[C@H]3CCNC3)oc2c1. The van der Waals surface area contributed by atoms with Crippen molar-refractivity contribution in [1.82, 2.24) is 14.9 Å². The number of nitrogens with zero attached hydrogens (tertiary/aromatic N) is 2. The molecule has 0 unspecified atom stereocenters. The minimum absolute atomic E-state index is 0. The predicted octanol–water partition coefficient (Wildman–Crippen LogP) is 4.98. The lowest BCUT2D eigenvalue weighted by molar-refractivity contribution is 0.487. The second kappa shape index (κ2) is 10.9. The molecule has 3 heterocycles. The van der Waals surface area contributed by atoms with Crippen LogP contribution >= 0.6 is 12.4 Å². The first kappa shape index (κ1) is 23.4. The smallest absolute Gasteiger partial charge is 0.419 e. The zero-order valence-electron chi connectivity index (χ0n) is 18.7. The average molecular weight is 471 g/mol. The van der Waals surface area contributed by atoms with Crippen LogP contribution in [0.4, 0.5) is 6.01 Å². The summed E-state index contributed by atoms with van der Waals surface area (Å²) in [6.07, 6.45) is 6.51. The van der Waals surface area contributed by atoms with E-state index in [1.165, 1.54) is 12.0 Å². The number of hydrogen-bond donors (Lipinski definition) is 2. The molecule has 1 fully saturated rings. The molecule has 1 atom stereocenters. The van der Waals surface area contributed by atoms with Crippen LogP contribution in [0.1, 0.15) is 37.7 Å². The number of nitrogens with one attached hydrogen (secondary N) is 2. The molecule has 176 valence electrons. The number of rotatable bonds is 10. The van der Waals surface area contributed by atoms with E-state index in [4.69, 9.17) is 8.83 Å². The van der Waals surface area contributed by atoms with E-state index in [1.807, 2.05) is 30.3 Å². The minimum Gasteiger partial charge on any atom is -0.424 e. The largest absolute Gasteiger partial charge is 0.424 e. The van der Waals surface area contributed by atoms with E-state index in [2.05, 4.69) is 27.8 Å². The van der Waals surface area contributed by atoms with Gasteiger partial charge in [-0.25, -0.2) is 4.79 Å². The third-order valence-electron chi connectivity index (χ3n) is 6.33. The van der Waals surface area contributed by atoms with E-state index in [-0.39, 0.29) is 18.2 Å². The number of halogens is 1. The van der Waals surface area contributed by atoms with Crippen molar-refractivity contribution in [3.05, 3.63) is 58.6 Å². The number of oxazole rings is 2. The number of hydrogen-bond acceptors (Lipinski definition) is 6. The highest BCUT2D eigenvalue weighted by atomic mass is 35.5. The average Bonchev–Trinajstić information content (AvgIpc) is 3.53. The van der Waals surface area contributed by atoms with Gasteiger partial charge in [-0.1, -0.05) is 31.0 Å². The molecular formula is C25H31ClN4O3. The van der Waals surface area contributed by atoms with Crippen LogP contribution in [0.5, 0.6) is 0 Å². The van der Waals surface area contributed by atoms with E-state index in [0.29, 0.717) is 24.1 Å². The van der Waals surface area contributed by atoms with Gasteiger partial charge in [0.05, 0.1) is 5.52 Å². The van der Waals surface area contributed by atoms with Gasteiger partial charge in [-0.2, -0.15) is 4.98 Å². The monoisotopic (exact) mass is 470 g/mol. The van der Waals surface area contributed by atoms with E-state index >= 15 is 0 Å². The van der Waals surface area contributed by atoms with Crippen LogP contribution in [0.25, 0.3) is 22.2 Å². The molecule has 1 aliphatic rings. The lowest BCUT2D eigenvalue weighted by Gasteiger charge is -2.07. The number of anilines is 1. The molecule has 8 heteroatoms. The van der Waals surface area contributed by atoms with Crippen molar-refractivity contribution < 1.29 is 8.83 Å². The van der Waals surface area contributed by atoms with Gasteiger partial charge in [0.1, 0.15) is 5.52 Å². The fraction of sp³-hybridized carbons (Fsp3) is 0.440. The quantitative estimate of drug-likeness (QED) is 0.318. The van der Waals surface area contributed by atoms with Crippen LogP contribution in [-0.2, 0) is 13.0 Å². The van der Waals surface area contributed by atoms with Gasteiger partial charge in [0.2, 0.25) is 0 Å². The second-order valence-corrected chi connectivity index (χ2v) is 8.71. The minimum atomic E-state index is -0.264. The molecule has 5 rings (SSSR count). The van der Waals surface area contributed by atoms with Crippen molar-refractivity contribution in [3.63, 3.8) is 0 Å². The molecule has 1 aliphatic heterocycles. The zero-order chi connectivity index (χ0) is 21.8. The van der Waals surface area contributed by atoms with Crippen molar-refractivity contribution in [2.24, 2.45) is 5.92 Å². The summed E-state index contributed by atoms with van der Waals surface area (Å²) in [5, 5.41) is 6.72. The summed E-state index contributed by atoms with van der Waals surface area (Å²) < 4.78 is 13.0. The summed E-state index contributed by atoms with van der Waals surface area (Å²) in [6, 6.07) is 14.5. The van der Waals surface area contributed by atoms with Gasteiger partial charge in [-0.15, -0.1) is 12.4 Å². The lowest BCUT2D eigenvalue weighted by Crippen LogP contribution is -2.17. The molecule has 2 N–H and O–H groups in total. The van der Waals surface area contributed by atoms with Crippen LogP contribution in [-0.4, -0.2) is 29.2 Å². The number of para-hydroxylation sites is 2. The van der Waals surface area contributed by atoms with Crippen molar-refractivity contribution in [2.45, 2.75) is 45.1 Å². The maximum atomic E-state index is 12.0. The number of aryl methyl sites for hydroxylation is 2. The molecule has 7 nitrogen and oxygen atoms in total. The van der Waals surface area contributed by atoms with Gasteiger partial charge >= 0.3 is 5.76 Å². The third kappa shape index (κ3) is 5.60. The van der Waals surface area contributed by atoms with Crippen LogP contribution in [0.3, 0.4) is 0 Å². The van der Waals surface area contributed by atoms with Gasteiger partial charge in [-0.05, 0) is 74.5 Å². The normalized spacial score (nSPS) is 15.8. The summed E-state index contributed by atoms with van der Waals surface area (Å²) >= 11 is 0. The first-order chi connectivity index (χ1) is 15.8. The second-order valence-electron chi connectivity index (χ2n) is 8.71. The van der Waals surface area contributed by atoms with Gasteiger partial charge in [-0.3, -0.25) is 4.57 Å². The molecule has 1 saturated heterocycles. The summed E-state index contributed by atoms with van der Waals surface area (Å²) in [6.45, 7) is 3.76. The molecule has 2 aromatic heterocycles. The summed E-state index contributed by atoms with van der Waals surface area (Å²) in [5.41, 5.74) is 4.57. The van der Waals surface area contributed by atoms with E-state index in [1.54, 1.807) is 4.57 Å². The molecule has 0 saturated carbocycles. The first-order valence-electron chi connectivity index (χ1n) is 11.7. The Bertz CT molecular complexity index is 1240. The highest BCUT2D eigenvalue weighted by molar-refractivity contribution is 5.85. The summed E-state index contributed by atoms with van der Waals surface area (Å²) in [7, 11) is 0. The Morgan fingerprint density at radius 3 is 2.82 bits per heavy atom. The Morgan fingerprint density at radius 1 is 1.06 bits per heavy atom. The highest BCUT2D eigenvalue weighted by Crippen LogP contribution is 2.22. The third-order valence-corrected chi connectivity index (χ3v) is 6.33. The maximum absolute atomic E-state index is 12.0. The summed E-state index contributed by atoms with van der Waals surface area (Å²) in [4.78, 5) is 16.6. The van der Waals surface area contributed by atoms with Gasteiger partial charge in [0.15, 0.2) is 11.2 Å². The Hall–Kier alpha value is -2.77. The van der Waals surface area contributed by atoms with Gasteiger partial charge in [0, 0.05) is 13.1 Å². The molecule has 4 aromatic rings. The number of aromatic nitrogens is 2. The highest BCUT2D eigenvalue weighted by Gasteiger charge is 2.15. The lowest BCUT2D eigenvalue weighted by atomic mass is 10.1. The van der Waals surface area contributed by atoms with E-state index < -0.39 is 0 Å². The van der Waals surface area contributed by atoms with Gasteiger partial charge in [0.25, 0.3) is 6.01 Å². The Balaban J connectivity index is 0.00000259. The van der Waals surface area contributed by atoms with E-state index in [0.717, 1.165) is 68.4 Å². The molecule has 0 spiro atoms. The number of benzene rings is 2. The Kier molecular flexibility index (Phi) is 7.73.